The zero-order valence-electron chi connectivity index (χ0n) is 12.7. The lowest BCUT2D eigenvalue weighted by Gasteiger charge is -2.36. The minimum Gasteiger partial charge on any atom is -0.363 e. The number of fused-ring (bicyclic) bond motifs is 1. The molecule has 114 valence electrons. The summed E-state index contributed by atoms with van der Waals surface area (Å²) in [5.74, 6) is 0.0941. The lowest BCUT2D eigenvalue weighted by Crippen LogP contribution is -2.47. The first kappa shape index (κ1) is 14.5. The van der Waals surface area contributed by atoms with E-state index in [1.165, 1.54) is 0 Å². The topological polar surface area (TPSA) is 45.7 Å². The van der Waals surface area contributed by atoms with Crippen LogP contribution in [0.5, 0.6) is 0 Å². The lowest BCUT2D eigenvalue weighted by molar-refractivity contribution is -0.152. The van der Waals surface area contributed by atoms with Gasteiger partial charge in [-0.05, 0) is 31.4 Å². The third-order valence-corrected chi connectivity index (χ3v) is 4.47. The number of likely N-dealkylation sites (tertiary alicyclic amines) is 1. The first-order valence-electron chi connectivity index (χ1n) is 7.66. The number of likely N-dealkylation sites (N-methyl/N-ethyl adjacent to an activating group) is 1. The smallest absolute Gasteiger partial charge is 0.251 e. The van der Waals surface area contributed by atoms with Crippen LogP contribution in [0.25, 0.3) is 0 Å². The largest absolute Gasteiger partial charge is 0.363 e. The van der Waals surface area contributed by atoms with Gasteiger partial charge in [0.1, 0.15) is 6.10 Å². The van der Waals surface area contributed by atoms with Crippen molar-refractivity contribution in [2.75, 3.05) is 20.6 Å². The number of carbonyl (C=O) groups excluding carboxylic acids is 1. The predicted molar refractivity (Wildman–Crippen MR) is 79.6 cm³/mol. The summed E-state index contributed by atoms with van der Waals surface area (Å²) in [5.41, 5.74) is 1.10. The van der Waals surface area contributed by atoms with Crippen molar-refractivity contribution < 1.29 is 9.53 Å². The molecule has 0 unspecified atom stereocenters. The average molecular weight is 289 g/mol. The Labute approximate surface area is 125 Å². The Hall–Kier alpha value is -1.46. The van der Waals surface area contributed by atoms with Crippen molar-refractivity contribution in [1.82, 2.24) is 14.8 Å². The fourth-order valence-corrected chi connectivity index (χ4v) is 3.38. The van der Waals surface area contributed by atoms with Crippen molar-refractivity contribution in [1.29, 1.82) is 0 Å². The molecule has 2 saturated heterocycles. The van der Waals surface area contributed by atoms with Gasteiger partial charge in [-0.1, -0.05) is 6.07 Å². The Morgan fingerprint density at radius 2 is 2.24 bits per heavy atom. The number of amides is 1. The SMILES string of the molecule is CN(C)C(=O)[C@@H]1CC[C@H]2[C@H](CCN2Cc2ccccn2)O1. The molecule has 0 radical (unpaired) electrons. The normalized spacial score (nSPS) is 29.1. The molecule has 3 atom stereocenters. The van der Waals surface area contributed by atoms with Crippen LogP contribution in [0.4, 0.5) is 0 Å². The third-order valence-electron chi connectivity index (χ3n) is 4.47. The van der Waals surface area contributed by atoms with Gasteiger partial charge in [-0.2, -0.15) is 0 Å². The standard InChI is InChI=1S/C16H23N3O2/c1-18(2)16(20)15-7-6-13-14(21-15)8-10-19(13)11-12-5-3-4-9-17-12/h3-5,9,13-15H,6-8,10-11H2,1-2H3/t13-,14-,15-/m0/s1. The van der Waals surface area contributed by atoms with Gasteiger partial charge in [0.05, 0.1) is 11.8 Å². The monoisotopic (exact) mass is 289 g/mol. The Balaban J connectivity index is 1.61. The molecule has 2 fully saturated rings. The van der Waals surface area contributed by atoms with E-state index in [1.807, 2.05) is 18.3 Å². The van der Waals surface area contributed by atoms with Crippen LogP contribution in [-0.2, 0) is 16.1 Å². The number of rotatable bonds is 3. The number of hydrogen-bond acceptors (Lipinski definition) is 4. The molecule has 3 rings (SSSR count). The number of aromatic nitrogens is 1. The second-order valence-electron chi connectivity index (χ2n) is 6.12. The lowest BCUT2D eigenvalue weighted by atomic mass is 9.98. The van der Waals surface area contributed by atoms with Gasteiger partial charge in [0.2, 0.25) is 0 Å². The van der Waals surface area contributed by atoms with E-state index in [0.717, 1.165) is 38.0 Å². The Bertz CT molecular complexity index is 492. The third kappa shape index (κ3) is 3.09. The molecule has 2 aliphatic heterocycles. The minimum absolute atomic E-state index is 0.0941. The number of carbonyl (C=O) groups is 1. The van der Waals surface area contributed by atoms with Gasteiger partial charge in [-0.25, -0.2) is 0 Å². The predicted octanol–water partition coefficient (Wildman–Crippen LogP) is 1.29. The molecule has 5 nitrogen and oxygen atoms in total. The minimum atomic E-state index is -0.254. The maximum atomic E-state index is 12.0. The van der Waals surface area contributed by atoms with Crippen LogP contribution in [0.1, 0.15) is 25.0 Å². The van der Waals surface area contributed by atoms with Crippen molar-refractivity contribution in [3.8, 4) is 0 Å². The Morgan fingerprint density at radius 1 is 1.38 bits per heavy atom. The van der Waals surface area contributed by atoms with Crippen molar-refractivity contribution in [2.24, 2.45) is 0 Å². The summed E-state index contributed by atoms with van der Waals surface area (Å²) in [4.78, 5) is 20.5. The Kier molecular flexibility index (Phi) is 4.22. The van der Waals surface area contributed by atoms with Crippen LogP contribution >= 0.6 is 0 Å². The molecule has 1 aromatic heterocycles. The maximum absolute atomic E-state index is 12.0. The molecule has 0 saturated carbocycles. The van der Waals surface area contributed by atoms with Crippen LogP contribution in [0, 0.1) is 0 Å². The summed E-state index contributed by atoms with van der Waals surface area (Å²) in [6.07, 6.45) is 4.63. The van der Waals surface area contributed by atoms with Crippen molar-refractivity contribution >= 4 is 5.91 Å². The second kappa shape index (κ2) is 6.12. The fraction of sp³-hybridized carbons (Fsp3) is 0.625. The van der Waals surface area contributed by atoms with Gasteiger partial charge in [0.25, 0.3) is 5.91 Å². The molecular weight excluding hydrogens is 266 g/mol. The van der Waals surface area contributed by atoms with E-state index in [1.54, 1.807) is 19.0 Å². The summed E-state index contributed by atoms with van der Waals surface area (Å²) < 4.78 is 6.05. The summed E-state index contributed by atoms with van der Waals surface area (Å²) in [6.45, 7) is 1.90. The van der Waals surface area contributed by atoms with Crippen LogP contribution in [0.3, 0.4) is 0 Å². The number of pyridine rings is 1. The zero-order chi connectivity index (χ0) is 14.8. The number of hydrogen-bond donors (Lipinski definition) is 0. The molecule has 0 spiro atoms. The molecule has 1 amide bonds. The quantitative estimate of drug-likeness (QED) is 0.841. The van der Waals surface area contributed by atoms with Gasteiger partial charge in [-0.15, -0.1) is 0 Å². The molecule has 0 aromatic carbocycles. The van der Waals surface area contributed by atoms with E-state index in [0.29, 0.717) is 6.04 Å². The first-order chi connectivity index (χ1) is 10.1. The molecule has 0 bridgehead atoms. The van der Waals surface area contributed by atoms with Crippen molar-refractivity contribution in [3.05, 3.63) is 30.1 Å². The highest BCUT2D eigenvalue weighted by atomic mass is 16.5. The van der Waals surface area contributed by atoms with Gasteiger partial charge in [0.15, 0.2) is 0 Å². The second-order valence-corrected chi connectivity index (χ2v) is 6.12. The highest BCUT2D eigenvalue weighted by molar-refractivity contribution is 5.80. The van der Waals surface area contributed by atoms with Crippen LogP contribution in [0.15, 0.2) is 24.4 Å². The molecule has 21 heavy (non-hydrogen) atoms. The Morgan fingerprint density at radius 3 is 2.95 bits per heavy atom. The molecule has 0 aliphatic carbocycles. The van der Waals surface area contributed by atoms with Crippen LogP contribution < -0.4 is 0 Å². The highest BCUT2D eigenvalue weighted by Crippen LogP contribution is 2.32. The van der Waals surface area contributed by atoms with Crippen LogP contribution in [-0.4, -0.2) is 59.6 Å². The number of ether oxygens (including phenoxy) is 1. The van der Waals surface area contributed by atoms with Gasteiger partial charge in [-0.3, -0.25) is 14.7 Å². The summed E-state index contributed by atoms with van der Waals surface area (Å²) in [5, 5.41) is 0. The first-order valence-corrected chi connectivity index (χ1v) is 7.66. The molecule has 0 N–H and O–H groups in total. The molecule has 2 aliphatic rings. The molecule has 3 heterocycles. The van der Waals surface area contributed by atoms with E-state index >= 15 is 0 Å². The van der Waals surface area contributed by atoms with E-state index in [4.69, 9.17) is 4.74 Å². The summed E-state index contributed by atoms with van der Waals surface area (Å²) in [6, 6.07) is 6.46. The highest BCUT2D eigenvalue weighted by Gasteiger charge is 2.41. The summed E-state index contributed by atoms with van der Waals surface area (Å²) >= 11 is 0. The van der Waals surface area contributed by atoms with E-state index < -0.39 is 0 Å². The van der Waals surface area contributed by atoms with E-state index in [2.05, 4.69) is 16.0 Å². The van der Waals surface area contributed by atoms with Crippen LogP contribution in [0.2, 0.25) is 0 Å². The molecule has 5 heteroatoms. The van der Waals surface area contributed by atoms with Gasteiger partial charge < -0.3 is 9.64 Å². The van der Waals surface area contributed by atoms with E-state index in [9.17, 15) is 4.79 Å². The summed E-state index contributed by atoms with van der Waals surface area (Å²) in [7, 11) is 3.58. The number of nitrogens with zero attached hydrogens (tertiary/aromatic N) is 3. The maximum Gasteiger partial charge on any atom is 0.251 e. The van der Waals surface area contributed by atoms with E-state index in [-0.39, 0.29) is 18.1 Å². The molecule has 1 aromatic rings. The average Bonchev–Trinajstić information content (AvgIpc) is 2.90. The van der Waals surface area contributed by atoms with Gasteiger partial charge >= 0.3 is 0 Å². The fourth-order valence-electron chi connectivity index (χ4n) is 3.38. The zero-order valence-corrected chi connectivity index (χ0v) is 12.7. The van der Waals surface area contributed by atoms with Crippen molar-refractivity contribution in [2.45, 2.75) is 44.1 Å². The molecular formula is C16H23N3O2. The van der Waals surface area contributed by atoms with Crippen molar-refractivity contribution in [3.63, 3.8) is 0 Å². The van der Waals surface area contributed by atoms with Gasteiger partial charge in [0, 0.05) is 39.4 Å².